The van der Waals surface area contributed by atoms with Crippen molar-refractivity contribution in [3.8, 4) is 0 Å². The summed E-state index contributed by atoms with van der Waals surface area (Å²) in [5.41, 5.74) is 0. The molecular weight excluding hydrogens is 224 g/mol. The fraction of sp³-hybridized carbons (Fsp3) is 0.750. The third-order valence-electron chi connectivity index (χ3n) is 1.75. The molecule has 16 heavy (non-hydrogen) atoms. The maximum atomic E-state index is 10.8. The van der Waals surface area contributed by atoms with E-state index in [1.807, 2.05) is 0 Å². The molecule has 94 valence electrons. The second-order valence-corrected chi connectivity index (χ2v) is 2.76. The summed E-state index contributed by atoms with van der Waals surface area (Å²) in [4.78, 5) is 21.5. The van der Waals surface area contributed by atoms with Gasteiger partial charge in [-0.2, -0.15) is 0 Å². The number of carboxylic acids is 2. The first-order valence-electron chi connectivity index (χ1n) is 4.45. The molecule has 0 saturated carbocycles. The Morgan fingerprint density at radius 2 is 1.19 bits per heavy atom. The van der Waals surface area contributed by atoms with Gasteiger partial charge in [-0.3, -0.25) is 0 Å². The molecule has 2 atom stereocenters. The lowest BCUT2D eigenvalue weighted by atomic mass is 10.1. The molecule has 0 rings (SSSR count). The van der Waals surface area contributed by atoms with Gasteiger partial charge in [0.25, 0.3) is 0 Å². The van der Waals surface area contributed by atoms with E-state index in [0.29, 0.717) is 0 Å². The average molecular weight is 238 g/mol. The summed E-state index contributed by atoms with van der Waals surface area (Å²) in [7, 11) is 0. The van der Waals surface area contributed by atoms with Gasteiger partial charge in [0.2, 0.25) is 0 Å². The van der Waals surface area contributed by atoms with E-state index in [-0.39, 0.29) is 13.2 Å². The van der Waals surface area contributed by atoms with Crippen LogP contribution in [0.1, 0.15) is 13.8 Å². The Balaban J connectivity index is 5.43. The number of rotatable bonds is 7. The highest BCUT2D eigenvalue weighted by molar-refractivity contribution is 5.88. The Morgan fingerprint density at radius 3 is 1.31 bits per heavy atom. The van der Waals surface area contributed by atoms with Crippen LogP contribution in [0.2, 0.25) is 0 Å². The summed E-state index contributed by atoms with van der Waals surface area (Å²) in [6, 6.07) is 0. The lowest BCUT2D eigenvalue weighted by Crippen LogP contribution is -2.66. The average Bonchev–Trinajstić information content (AvgIpc) is 2.17. The van der Waals surface area contributed by atoms with Crippen LogP contribution in [0, 0.1) is 0 Å². The summed E-state index contributed by atoms with van der Waals surface area (Å²) >= 11 is 0. The van der Waals surface area contributed by atoms with Gasteiger partial charge >= 0.3 is 23.5 Å². The molecule has 0 radical (unpaired) electrons. The van der Waals surface area contributed by atoms with Crippen molar-refractivity contribution in [2.45, 2.75) is 25.4 Å². The fourth-order valence-corrected chi connectivity index (χ4v) is 1.03. The molecule has 8 nitrogen and oxygen atoms in total. The van der Waals surface area contributed by atoms with Gasteiger partial charge in [0.15, 0.2) is 0 Å². The van der Waals surface area contributed by atoms with Crippen LogP contribution in [-0.2, 0) is 19.1 Å². The van der Waals surface area contributed by atoms with E-state index in [2.05, 4.69) is 9.47 Å². The van der Waals surface area contributed by atoms with E-state index >= 15 is 0 Å². The molecule has 0 amide bonds. The Kier molecular flexibility index (Phi) is 4.81. The standard InChI is InChI=1S/C8H14O8/c1-3-15-7(13,5(9)10)8(14,6(11)12)16-4-2/h13-14H,3-4H2,1-2H3,(H,9,10)(H,11,12). The summed E-state index contributed by atoms with van der Waals surface area (Å²) in [6.45, 7) is 1.99. The summed E-state index contributed by atoms with van der Waals surface area (Å²) < 4.78 is 8.74. The minimum absolute atomic E-state index is 0.328. The van der Waals surface area contributed by atoms with Crippen molar-refractivity contribution in [1.29, 1.82) is 0 Å². The Hall–Kier alpha value is -1.22. The molecule has 0 aliphatic carbocycles. The predicted molar refractivity (Wildman–Crippen MR) is 48.4 cm³/mol. The lowest BCUT2D eigenvalue weighted by molar-refractivity contribution is -0.358. The van der Waals surface area contributed by atoms with Crippen molar-refractivity contribution >= 4 is 11.9 Å². The van der Waals surface area contributed by atoms with Crippen molar-refractivity contribution in [3.63, 3.8) is 0 Å². The molecule has 2 unspecified atom stereocenters. The first kappa shape index (κ1) is 14.8. The van der Waals surface area contributed by atoms with E-state index in [1.54, 1.807) is 0 Å². The van der Waals surface area contributed by atoms with Crippen LogP contribution in [0.15, 0.2) is 0 Å². The molecule has 0 aromatic rings. The lowest BCUT2D eigenvalue weighted by Gasteiger charge is -2.35. The molecule has 0 aromatic heterocycles. The number of carboxylic acid groups (broad SMARTS) is 2. The first-order valence-corrected chi connectivity index (χ1v) is 4.45. The van der Waals surface area contributed by atoms with Crippen LogP contribution in [0.5, 0.6) is 0 Å². The molecule has 0 aromatic carbocycles. The second-order valence-electron chi connectivity index (χ2n) is 2.76. The largest absolute Gasteiger partial charge is 0.477 e. The minimum atomic E-state index is -3.37. The summed E-state index contributed by atoms with van der Waals surface area (Å²) in [6.07, 6.45) is 0. The van der Waals surface area contributed by atoms with Gasteiger partial charge in [-0.25, -0.2) is 9.59 Å². The van der Waals surface area contributed by atoms with Gasteiger partial charge in [0, 0.05) is 13.2 Å². The van der Waals surface area contributed by atoms with Crippen molar-refractivity contribution in [3.05, 3.63) is 0 Å². The van der Waals surface area contributed by atoms with E-state index in [0.717, 1.165) is 0 Å². The minimum Gasteiger partial charge on any atom is -0.477 e. The van der Waals surface area contributed by atoms with Gasteiger partial charge in [-0.1, -0.05) is 0 Å². The van der Waals surface area contributed by atoms with Crippen LogP contribution in [0.4, 0.5) is 0 Å². The van der Waals surface area contributed by atoms with Gasteiger partial charge in [0.1, 0.15) is 0 Å². The molecular formula is C8H14O8. The van der Waals surface area contributed by atoms with Gasteiger partial charge in [0.05, 0.1) is 0 Å². The normalized spacial score (nSPS) is 18.5. The van der Waals surface area contributed by atoms with Crippen LogP contribution in [0.3, 0.4) is 0 Å². The van der Waals surface area contributed by atoms with E-state index in [4.69, 9.17) is 10.2 Å². The number of hydrogen-bond donors (Lipinski definition) is 4. The zero-order valence-electron chi connectivity index (χ0n) is 8.84. The van der Waals surface area contributed by atoms with E-state index in [9.17, 15) is 19.8 Å². The smallest absolute Gasteiger partial charge is 0.371 e. The third kappa shape index (κ3) is 2.30. The van der Waals surface area contributed by atoms with Crippen LogP contribution in [0.25, 0.3) is 0 Å². The number of ether oxygens (including phenoxy) is 2. The molecule has 0 fully saturated rings. The summed E-state index contributed by atoms with van der Waals surface area (Å²) in [5.74, 6) is -10.9. The number of aliphatic hydroxyl groups is 2. The van der Waals surface area contributed by atoms with E-state index < -0.39 is 23.5 Å². The second kappa shape index (κ2) is 5.21. The number of aliphatic carboxylic acids is 2. The molecule has 0 aliphatic rings. The molecule has 0 saturated heterocycles. The molecule has 0 spiro atoms. The molecule has 0 bridgehead atoms. The zero-order valence-corrected chi connectivity index (χ0v) is 8.84. The van der Waals surface area contributed by atoms with Gasteiger partial charge in [-0.05, 0) is 13.8 Å². The van der Waals surface area contributed by atoms with Gasteiger partial charge < -0.3 is 29.9 Å². The van der Waals surface area contributed by atoms with Crippen molar-refractivity contribution in [1.82, 2.24) is 0 Å². The highest BCUT2D eigenvalue weighted by atomic mass is 16.7. The monoisotopic (exact) mass is 238 g/mol. The fourth-order valence-electron chi connectivity index (χ4n) is 1.03. The van der Waals surface area contributed by atoms with Crippen LogP contribution < -0.4 is 0 Å². The highest BCUT2D eigenvalue weighted by Crippen LogP contribution is 2.26. The Labute approximate surface area is 91.0 Å². The number of carbonyl (C=O) groups is 2. The Bertz CT molecular complexity index is 249. The van der Waals surface area contributed by atoms with E-state index in [1.165, 1.54) is 13.8 Å². The molecule has 8 heteroatoms. The maximum absolute atomic E-state index is 10.8. The first-order chi connectivity index (χ1) is 7.26. The molecule has 0 heterocycles. The zero-order chi connectivity index (χ0) is 13.0. The molecule has 0 aliphatic heterocycles. The van der Waals surface area contributed by atoms with Crippen molar-refractivity contribution < 1.29 is 39.5 Å². The SMILES string of the molecule is CCOC(O)(C(=O)O)C(O)(OCC)C(=O)O. The highest BCUT2D eigenvalue weighted by Gasteiger charge is 2.64. The Morgan fingerprint density at radius 1 is 0.938 bits per heavy atom. The van der Waals surface area contributed by atoms with Crippen LogP contribution >= 0.6 is 0 Å². The van der Waals surface area contributed by atoms with Gasteiger partial charge in [-0.15, -0.1) is 0 Å². The maximum Gasteiger partial charge on any atom is 0.371 e. The topological polar surface area (TPSA) is 134 Å². The van der Waals surface area contributed by atoms with Crippen molar-refractivity contribution in [2.24, 2.45) is 0 Å². The third-order valence-corrected chi connectivity index (χ3v) is 1.75. The van der Waals surface area contributed by atoms with Crippen LogP contribution in [-0.4, -0.2) is 57.2 Å². The predicted octanol–water partition coefficient (Wildman–Crippen LogP) is -1.39. The molecule has 4 N–H and O–H groups in total. The van der Waals surface area contributed by atoms with Crippen molar-refractivity contribution in [2.75, 3.05) is 13.2 Å². The quantitative estimate of drug-likeness (QED) is 0.398. The summed E-state index contributed by atoms with van der Waals surface area (Å²) in [5, 5.41) is 36.5. The number of hydrogen-bond acceptors (Lipinski definition) is 6.